The van der Waals surface area contributed by atoms with Crippen molar-refractivity contribution < 1.29 is 4.74 Å². The van der Waals surface area contributed by atoms with E-state index in [1.54, 1.807) is 6.20 Å². The summed E-state index contributed by atoms with van der Waals surface area (Å²) in [6.07, 6.45) is 1.92. The monoisotopic (exact) mass is 392 g/mol. The Bertz CT molecular complexity index is 1090. The molecule has 0 amide bonds. The molecule has 2 N–H and O–H groups in total. The summed E-state index contributed by atoms with van der Waals surface area (Å²) >= 11 is 0. The second-order valence-corrected chi connectivity index (χ2v) is 8.08. The number of hydrogen-bond acceptors (Lipinski definition) is 5. The van der Waals surface area contributed by atoms with Crippen molar-refractivity contribution in [3.8, 4) is 0 Å². The first-order valence-electron chi connectivity index (χ1n) is 10.2. The summed E-state index contributed by atoms with van der Waals surface area (Å²) in [5, 5.41) is 4.87. The normalized spacial score (nSPS) is 17.1. The van der Waals surface area contributed by atoms with Gasteiger partial charge < -0.3 is 19.9 Å². The van der Waals surface area contributed by atoms with Gasteiger partial charge in [0, 0.05) is 36.4 Å². The SMILES string of the molecule is Cc1cc(Nc2nc(C(C)C)cc3cc[nH]c(=O)c23)ccc1N1CCO[C@H](C)C1. The molecular weight excluding hydrogens is 364 g/mol. The number of ether oxygens (including phenoxy) is 1. The Balaban J connectivity index is 1.70. The predicted octanol–water partition coefficient (Wildman–Crippen LogP) is 4.32. The zero-order valence-electron chi connectivity index (χ0n) is 17.5. The molecule has 2 aromatic heterocycles. The van der Waals surface area contributed by atoms with Crippen LogP contribution in [0.4, 0.5) is 17.2 Å². The molecule has 0 aliphatic carbocycles. The maximum absolute atomic E-state index is 12.5. The van der Waals surface area contributed by atoms with Gasteiger partial charge in [-0.25, -0.2) is 4.98 Å². The number of H-pyrrole nitrogens is 1. The summed E-state index contributed by atoms with van der Waals surface area (Å²) in [6.45, 7) is 11.0. The number of anilines is 3. The smallest absolute Gasteiger partial charge is 0.259 e. The number of aromatic nitrogens is 2. The van der Waals surface area contributed by atoms with Crippen LogP contribution in [-0.4, -0.2) is 35.8 Å². The van der Waals surface area contributed by atoms with Gasteiger partial charge in [0.2, 0.25) is 0 Å². The van der Waals surface area contributed by atoms with Crippen molar-refractivity contribution in [3.05, 3.63) is 58.1 Å². The molecule has 1 aliphatic heterocycles. The molecule has 1 atom stereocenters. The van der Waals surface area contributed by atoms with Gasteiger partial charge in [-0.3, -0.25) is 4.79 Å². The molecule has 0 spiro atoms. The van der Waals surface area contributed by atoms with Gasteiger partial charge >= 0.3 is 0 Å². The zero-order chi connectivity index (χ0) is 20.5. The summed E-state index contributed by atoms with van der Waals surface area (Å²) < 4.78 is 5.66. The van der Waals surface area contributed by atoms with E-state index in [2.05, 4.69) is 61.1 Å². The molecular formula is C23H28N4O2. The van der Waals surface area contributed by atoms with E-state index in [4.69, 9.17) is 9.72 Å². The second kappa shape index (κ2) is 7.87. The zero-order valence-corrected chi connectivity index (χ0v) is 17.5. The van der Waals surface area contributed by atoms with Gasteiger partial charge in [-0.15, -0.1) is 0 Å². The van der Waals surface area contributed by atoms with E-state index >= 15 is 0 Å². The van der Waals surface area contributed by atoms with Crippen LogP contribution in [0.3, 0.4) is 0 Å². The summed E-state index contributed by atoms with van der Waals surface area (Å²) in [5.74, 6) is 0.867. The Morgan fingerprint density at radius 2 is 2.10 bits per heavy atom. The average Bonchev–Trinajstić information content (AvgIpc) is 2.68. The number of hydrogen-bond donors (Lipinski definition) is 2. The fourth-order valence-electron chi connectivity index (χ4n) is 3.88. The molecule has 0 unspecified atom stereocenters. The highest BCUT2D eigenvalue weighted by atomic mass is 16.5. The van der Waals surface area contributed by atoms with Crippen LogP contribution in [0, 0.1) is 6.92 Å². The molecule has 0 radical (unpaired) electrons. The highest BCUT2D eigenvalue weighted by Crippen LogP contribution is 2.29. The molecule has 3 aromatic rings. The third kappa shape index (κ3) is 3.98. The second-order valence-electron chi connectivity index (χ2n) is 8.08. The first-order chi connectivity index (χ1) is 13.9. The topological polar surface area (TPSA) is 70.2 Å². The first kappa shape index (κ1) is 19.5. The Morgan fingerprint density at radius 3 is 2.83 bits per heavy atom. The van der Waals surface area contributed by atoms with Gasteiger partial charge in [-0.2, -0.15) is 0 Å². The minimum absolute atomic E-state index is 0.136. The van der Waals surface area contributed by atoms with Crippen LogP contribution in [0.25, 0.3) is 10.8 Å². The van der Waals surface area contributed by atoms with Crippen molar-refractivity contribution in [1.82, 2.24) is 9.97 Å². The van der Waals surface area contributed by atoms with Crippen LogP contribution in [-0.2, 0) is 4.74 Å². The van der Waals surface area contributed by atoms with E-state index in [0.29, 0.717) is 11.2 Å². The predicted molar refractivity (Wildman–Crippen MR) is 119 cm³/mol. The van der Waals surface area contributed by atoms with Crippen molar-refractivity contribution in [1.29, 1.82) is 0 Å². The van der Waals surface area contributed by atoms with Gasteiger partial charge in [0.25, 0.3) is 5.56 Å². The van der Waals surface area contributed by atoms with Crippen LogP contribution < -0.4 is 15.8 Å². The summed E-state index contributed by atoms with van der Waals surface area (Å²) in [7, 11) is 0. The van der Waals surface area contributed by atoms with Gasteiger partial charge in [0.1, 0.15) is 5.82 Å². The van der Waals surface area contributed by atoms with E-state index in [1.165, 1.54) is 11.3 Å². The van der Waals surface area contributed by atoms with Gasteiger partial charge in [-0.05, 0) is 61.0 Å². The largest absolute Gasteiger partial charge is 0.375 e. The van der Waals surface area contributed by atoms with Crippen LogP contribution in [0.2, 0.25) is 0 Å². The lowest BCUT2D eigenvalue weighted by atomic mass is 10.1. The Morgan fingerprint density at radius 1 is 1.28 bits per heavy atom. The molecule has 4 rings (SSSR count). The van der Waals surface area contributed by atoms with E-state index in [9.17, 15) is 4.79 Å². The van der Waals surface area contributed by atoms with Gasteiger partial charge in [0.05, 0.1) is 18.1 Å². The van der Waals surface area contributed by atoms with Crippen LogP contribution in [0.5, 0.6) is 0 Å². The number of rotatable bonds is 4. The number of nitrogens with zero attached hydrogens (tertiary/aromatic N) is 2. The number of aryl methyl sites for hydroxylation is 1. The fourth-order valence-corrected chi connectivity index (χ4v) is 3.88. The number of nitrogens with one attached hydrogen (secondary N) is 2. The molecule has 0 bridgehead atoms. The highest BCUT2D eigenvalue weighted by Gasteiger charge is 2.19. The summed E-state index contributed by atoms with van der Waals surface area (Å²) in [4.78, 5) is 22.4. The summed E-state index contributed by atoms with van der Waals surface area (Å²) in [5.41, 5.74) is 4.15. The number of benzene rings is 1. The lowest BCUT2D eigenvalue weighted by molar-refractivity contribution is 0.0532. The highest BCUT2D eigenvalue weighted by molar-refractivity contribution is 5.93. The third-order valence-electron chi connectivity index (χ3n) is 5.41. The third-order valence-corrected chi connectivity index (χ3v) is 5.41. The molecule has 1 aliphatic rings. The van der Waals surface area contributed by atoms with Crippen LogP contribution in [0.1, 0.15) is 37.9 Å². The minimum Gasteiger partial charge on any atom is -0.375 e. The van der Waals surface area contributed by atoms with E-state index in [-0.39, 0.29) is 17.6 Å². The maximum Gasteiger partial charge on any atom is 0.259 e. The summed E-state index contributed by atoms with van der Waals surface area (Å²) in [6, 6.07) is 10.2. The number of fused-ring (bicyclic) bond motifs is 1. The number of aromatic amines is 1. The molecule has 3 heterocycles. The van der Waals surface area contributed by atoms with E-state index in [1.807, 2.05) is 12.1 Å². The number of morpholine rings is 1. The van der Waals surface area contributed by atoms with Crippen molar-refractivity contribution in [2.24, 2.45) is 0 Å². The van der Waals surface area contributed by atoms with Crippen molar-refractivity contribution >= 4 is 28.0 Å². The lowest BCUT2D eigenvalue weighted by Crippen LogP contribution is -2.41. The maximum atomic E-state index is 12.5. The van der Waals surface area contributed by atoms with Crippen LogP contribution >= 0.6 is 0 Å². The molecule has 6 nitrogen and oxygen atoms in total. The molecule has 1 aromatic carbocycles. The van der Waals surface area contributed by atoms with E-state index < -0.39 is 0 Å². The van der Waals surface area contributed by atoms with E-state index in [0.717, 1.165) is 36.5 Å². The molecule has 1 fully saturated rings. The fraction of sp³-hybridized carbons (Fsp3) is 0.391. The molecule has 152 valence electrons. The molecule has 1 saturated heterocycles. The minimum atomic E-state index is -0.136. The molecule has 29 heavy (non-hydrogen) atoms. The van der Waals surface area contributed by atoms with Crippen molar-refractivity contribution in [2.45, 2.75) is 39.7 Å². The van der Waals surface area contributed by atoms with Crippen molar-refractivity contribution in [3.63, 3.8) is 0 Å². The van der Waals surface area contributed by atoms with Gasteiger partial charge in [-0.1, -0.05) is 13.8 Å². The standard InChI is InChI=1S/C23H28N4O2/c1-14(2)19-12-17-7-8-24-23(28)21(17)22(26-19)25-18-5-6-20(15(3)11-18)27-9-10-29-16(4)13-27/h5-8,11-12,14,16H,9-10,13H2,1-4H3,(H,24,28)(H,25,26)/t16-/m1/s1. The van der Waals surface area contributed by atoms with Crippen molar-refractivity contribution in [2.75, 3.05) is 29.9 Å². The Labute approximate surface area is 170 Å². The Hall–Kier alpha value is -2.86. The first-order valence-corrected chi connectivity index (χ1v) is 10.2. The van der Waals surface area contributed by atoms with Gasteiger partial charge in [0.15, 0.2) is 0 Å². The molecule has 0 saturated carbocycles. The average molecular weight is 393 g/mol. The number of pyridine rings is 2. The lowest BCUT2D eigenvalue weighted by Gasteiger charge is -2.34. The Kier molecular flexibility index (Phi) is 5.28. The molecule has 6 heteroatoms. The van der Waals surface area contributed by atoms with Crippen LogP contribution in [0.15, 0.2) is 41.3 Å². The quantitative estimate of drug-likeness (QED) is 0.692.